The quantitative estimate of drug-likeness (QED) is 0.597. The van der Waals surface area contributed by atoms with Gasteiger partial charge in [0.1, 0.15) is 0 Å². The van der Waals surface area contributed by atoms with Gasteiger partial charge in [0.2, 0.25) is 0 Å². The fraction of sp³-hybridized carbons (Fsp3) is 0.0714. The number of hydrogen-bond acceptors (Lipinski definition) is 2. The maximum absolute atomic E-state index is 11.9. The van der Waals surface area contributed by atoms with E-state index in [2.05, 4.69) is 0 Å². The average Bonchev–Trinajstić information content (AvgIpc) is 2.34. The van der Waals surface area contributed by atoms with Gasteiger partial charge in [-0.2, -0.15) is 0 Å². The van der Waals surface area contributed by atoms with Crippen molar-refractivity contribution in [3.8, 4) is 5.75 Å². The smallest absolute Gasteiger partial charge is 0.343 e. The molecule has 2 nitrogen and oxygen atoms in total. The van der Waals surface area contributed by atoms with Crippen LogP contribution in [0.2, 0.25) is 10.0 Å². The van der Waals surface area contributed by atoms with Crippen molar-refractivity contribution < 1.29 is 9.53 Å². The lowest BCUT2D eigenvalue weighted by atomic mass is 10.1. The number of carbonyl (C=O) groups is 1. The van der Waals surface area contributed by atoms with Crippen LogP contribution in [0.4, 0.5) is 0 Å². The van der Waals surface area contributed by atoms with E-state index in [1.54, 1.807) is 24.3 Å². The Balaban J connectivity index is 2.21. The van der Waals surface area contributed by atoms with Gasteiger partial charge in [-0.15, -0.1) is 0 Å². The second kappa shape index (κ2) is 5.42. The first-order chi connectivity index (χ1) is 8.56. The number of esters is 1. The Kier molecular flexibility index (Phi) is 3.90. The molecule has 18 heavy (non-hydrogen) atoms. The highest BCUT2D eigenvalue weighted by atomic mass is 35.5. The SMILES string of the molecule is Cc1ccc(C(=O)Oc2cc(Cl)ccc2Cl)cc1. The van der Waals surface area contributed by atoms with Crippen LogP contribution in [0.25, 0.3) is 0 Å². The van der Waals surface area contributed by atoms with Crippen LogP contribution < -0.4 is 4.74 Å². The van der Waals surface area contributed by atoms with E-state index in [-0.39, 0.29) is 5.75 Å². The van der Waals surface area contributed by atoms with Gasteiger partial charge in [-0.05, 0) is 31.2 Å². The van der Waals surface area contributed by atoms with Crippen molar-refractivity contribution in [1.82, 2.24) is 0 Å². The van der Waals surface area contributed by atoms with E-state index in [9.17, 15) is 4.79 Å². The molecule has 0 amide bonds. The van der Waals surface area contributed by atoms with Gasteiger partial charge in [0.15, 0.2) is 5.75 Å². The van der Waals surface area contributed by atoms with E-state index in [4.69, 9.17) is 27.9 Å². The maximum atomic E-state index is 11.9. The summed E-state index contributed by atoms with van der Waals surface area (Å²) in [4.78, 5) is 11.9. The van der Waals surface area contributed by atoms with Gasteiger partial charge in [0, 0.05) is 11.1 Å². The largest absolute Gasteiger partial charge is 0.421 e. The van der Waals surface area contributed by atoms with Gasteiger partial charge in [-0.25, -0.2) is 4.79 Å². The summed E-state index contributed by atoms with van der Waals surface area (Å²) in [5.41, 5.74) is 1.55. The molecule has 4 heteroatoms. The lowest BCUT2D eigenvalue weighted by Gasteiger charge is -2.06. The zero-order valence-electron chi connectivity index (χ0n) is 9.61. The van der Waals surface area contributed by atoms with E-state index < -0.39 is 5.97 Å². The molecule has 0 saturated heterocycles. The molecule has 0 saturated carbocycles. The fourth-order valence-corrected chi connectivity index (χ4v) is 1.72. The van der Waals surface area contributed by atoms with Crippen LogP contribution in [-0.2, 0) is 0 Å². The first kappa shape index (κ1) is 12.9. The Hall–Kier alpha value is -1.51. The first-order valence-corrected chi connectivity index (χ1v) is 6.06. The molecule has 0 atom stereocenters. The Labute approximate surface area is 115 Å². The van der Waals surface area contributed by atoms with Crippen LogP contribution in [0, 0.1) is 6.92 Å². The number of ether oxygens (including phenoxy) is 1. The van der Waals surface area contributed by atoms with Gasteiger partial charge >= 0.3 is 5.97 Å². The van der Waals surface area contributed by atoms with Crippen molar-refractivity contribution >= 4 is 29.2 Å². The van der Waals surface area contributed by atoms with Crippen LogP contribution in [-0.4, -0.2) is 5.97 Å². The van der Waals surface area contributed by atoms with E-state index in [1.165, 1.54) is 6.07 Å². The Bertz CT molecular complexity index is 577. The number of halogens is 2. The highest BCUT2D eigenvalue weighted by molar-refractivity contribution is 6.34. The number of aryl methyl sites for hydroxylation is 1. The van der Waals surface area contributed by atoms with Crippen molar-refractivity contribution in [2.75, 3.05) is 0 Å². The van der Waals surface area contributed by atoms with Crippen LogP contribution in [0.1, 0.15) is 15.9 Å². The van der Waals surface area contributed by atoms with Gasteiger partial charge in [0.25, 0.3) is 0 Å². The molecule has 2 aromatic rings. The second-order valence-electron chi connectivity index (χ2n) is 3.83. The molecule has 0 heterocycles. The maximum Gasteiger partial charge on any atom is 0.343 e. The molecule has 0 spiro atoms. The molecular weight excluding hydrogens is 271 g/mol. The van der Waals surface area contributed by atoms with Gasteiger partial charge in [-0.3, -0.25) is 0 Å². The van der Waals surface area contributed by atoms with E-state index in [1.807, 2.05) is 19.1 Å². The van der Waals surface area contributed by atoms with Crippen molar-refractivity contribution in [3.05, 3.63) is 63.6 Å². The first-order valence-electron chi connectivity index (χ1n) is 5.30. The lowest BCUT2D eigenvalue weighted by molar-refractivity contribution is 0.0735. The predicted octanol–water partition coefficient (Wildman–Crippen LogP) is 4.52. The molecule has 0 bridgehead atoms. The number of hydrogen-bond donors (Lipinski definition) is 0. The van der Waals surface area contributed by atoms with E-state index in [0.717, 1.165) is 5.56 Å². The summed E-state index contributed by atoms with van der Waals surface area (Å²) >= 11 is 11.7. The summed E-state index contributed by atoms with van der Waals surface area (Å²) in [6.45, 7) is 1.95. The second-order valence-corrected chi connectivity index (χ2v) is 4.67. The molecule has 0 aliphatic rings. The minimum Gasteiger partial charge on any atom is -0.421 e. The van der Waals surface area contributed by atoms with Crippen LogP contribution in [0.5, 0.6) is 5.75 Å². The normalized spacial score (nSPS) is 10.2. The summed E-state index contributed by atoms with van der Waals surface area (Å²) < 4.78 is 5.20. The standard InChI is InChI=1S/C14H10Cl2O2/c1-9-2-4-10(5-3-9)14(17)18-13-8-11(15)6-7-12(13)16/h2-8H,1H3. The average molecular weight is 281 g/mol. The van der Waals surface area contributed by atoms with Crippen molar-refractivity contribution in [1.29, 1.82) is 0 Å². The minimum atomic E-state index is -0.459. The topological polar surface area (TPSA) is 26.3 Å². The molecule has 0 aromatic heterocycles. The molecular formula is C14H10Cl2O2. The molecule has 0 aliphatic carbocycles. The third-order valence-corrected chi connectivity index (χ3v) is 2.93. The molecule has 0 unspecified atom stereocenters. The number of rotatable bonds is 2. The monoisotopic (exact) mass is 280 g/mol. The summed E-state index contributed by atoms with van der Waals surface area (Å²) in [6.07, 6.45) is 0. The molecule has 0 N–H and O–H groups in total. The summed E-state index contributed by atoms with van der Waals surface area (Å²) in [5.74, 6) is -0.200. The molecule has 92 valence electrons. The van der Waals surface area contributed by atoms with Crippen molar-refractivity contribution in [2.45, 2.75) is 6.92 Å². The third kappa shape index (κ3) is 3.03. The Morgan fingerprint density at radius 1 is 1.06 bits per heavy atom. The van der Waals surface area contributed by atoms with E-state index in [0.29, 0.717) is 15.6 Å². The number of carbonyl (C=O) groups excluding carboxylic acids is 1. The highest BCUT2D eigenvalue weighted by Gasteiger charge is 2.11. The number of benzene rings is 2. The zero-order valence-corrected chi connectivity index (χ0v) is 11.1. The van der Waals surface area contributed by atoms with Crippen LogP contribution in [0.15, 0.2) is 42.5 Å². The van der Waals surface area contributed by atoms with Crippen LogP contribution in [0.3, 0.4) is 0 Å². The van der Waals surface area contributed by atoms with Crippen molar-refractivity contribution in [3.63, 3.8) is 0 Å². The van der Waals surface area contributed by atoms with Crippen LogP contribution >= 0.6 is 23.2 Å². The Morgan fingerprint density at radius 3 is 2.39 bits per heavy atom. The highest BCUT2D eigenvalue weighted by Crippen LogP contribution is 2.28. The van der Waals surface area contributed by atoms with Gasteiger partial charge < -0.3 is 4.74 Å². The predicted molar refractivity (Wildman–Crippen MR) is 72.6 cm³/mol. The summed E-state index contributed by atoms with van der Waals surface area (Å²) in [7, 11) is 0. The van der Waals surface area contributed by atoms with E-state index >= 15 is 0 Å². The molecule has 2 aromatic carbocycles. The molecule has 0 aliphatic heterocycles. The van der Waals surface area contributed by atoms with Crippen molar-refractivity contribution in [2.24, 2.45) is 0 Å². The summed E-state index contributed by atoms with van der Waals surface area (Å²) in [5, 5.41) is 0.811. The molecule has 0 radical (unpaired) electrons. The molecule has 2 rings (SSSR count). The van der Waals surface area contributed by atoms with Gasteiger partial charge in [-0.1, -0.05) is 40.9 Å². The Morgan fingerprint density at radius 2 is 1.72 bits per heavy atom. The minimum absolute atomic E-state index is 0.259. The third-order valence-electron chi connectivity index (χ3n) is 2.38. The lowest BCUT2D eigenvalue weighted by Crippen LogP contribution is -2.08. The fourth-order valence-electron chi connectivity index (χ4n) is 1.40. The summed E-state index contributed by atoms with van der Waals surface area (Å²) in [6, 6.07) is 11.8. The molecule has 0 fully saturated rings. The van der Waals surface area contributed by atoms with Gasteiger partial charge in [0.05, 0.1) is 10.6 Å². The zero-order chi connectivity index (χ0) is 13.1.